The molecule has 4 heterocycles. The summed E-state index contributed by atoms with van der Waals surface area (Å²) in [5.74, 6) is 0.615. The van der Waals surface area contributed by atoms with Gasteiger partial charge in [0.2, 0.25) is 0 Å². The van der Waals surface area contributed by atoms with E-state index < -0.39 is 0 Å². The second kappa shape index (κ2) is 9.91. The first-order valence-electron chi connectivity index (χ1n) is 13.0. The van der Waals surface area contributed by atoms with Gasteiger partial charge in [-0.2, -0.15) is 0 Å². The van der Waals surface area contributed by atoms with E-state index in [9.17, 15) is 9.18 Å². The highest BCUT2D eigenvalue weighted by molar-refractivity contribution is 5.76. The van der Waals surface area contributed by atoms with Gasteiger partial charge in [0.25, 0.3) is 0 Å². The van der Waals surface area contributed by atoms with Crippen molar-refractivity contribution in [3.05, 3.63) is 53.6 Å². The van der Waals surface area contributed by atoms with Gasteiger partial charge in [0, 0.05) is 61.3 Å². The summed E-state index contributed by atoms with van der Waals surface area (Å²) in [4.78, 5) is 26.1. The molecule has 1 aliphatic carbocycles. The van der Waals surface area contributed by atoms with Gasteiger partial charge in [0.1, 0.15) is 5.82 Å². The number of benzene rings is 1. The Morgan fingerprint density at radius 1 is 1.11 bits per heavy atom. The number of carbonyl (C=O) groups excluding carboxylic acids is 1. The van der Waals surface area contributed by atoms with Gasteiger partial charge in [-0.05, 0) is 50.1 Å². The molecule has 10 heteroatoms. The summed E-state index contributed by atoms with van der Waals surface area (Å²) in [6, 6.07) is 8.12. The lowest BCUT2D eigenvalue weighted by Gasteiger charge is -2.49. The molecule has 1 aromatic carbocycles. The highest BCUT2D eigenvalue weighted by atomic mass is 19.1. The lowest BCUT2D eigenvalue weighted by atomic mass is 9.71. The number of ether oxygens (including phenoxy) is 1. The van der Waals surface area contributed by atoms with Gasteiger partial charge in [-0.25, -0.2) is 24.6 Å². The molecule has 192 valence electrons. The Morgan fingerprint density at radius 3 is 2.75 bits per heavy atom. The Balaban J connectivity index is 1.12. The number of nitrogens with zero attached hydrogens (tertiary/aromatic N) is 4. The first-order valence-corrected chi connectivity index (χ1v) is 13.0. The first kappa shape index (κ1) is 23.6. The molecule has 6 atom stereocenters. The van der Waals surface area contributed by atoms with Crippen LogP contribution in [-0.4, -0.2) is 70.7 Å². The lowest BCUT2D eigenvalue weighted by molar-refractivity contribution is 0.0521. The molecule has 0 spiro atoms. The van der Waals surface area contributed by atoms with E-state index in [0.29, 0.717) is 24.4 Å². The van der Waals surface area contributed by atoms with Gasteiger partial charge in [0.05, 0.1) is 13.2 Å². The SMILES string of the molecule is COc1ncc(C2NNC3CC4NC(=O)N([C@@H]5CCCN(Cc6ccccc6F)C5)CC4CC32)cn1. The largest absolute Gasteiger partial charge is 0.467 e. The minimum absolute atomic E-state index is 0.0403. The number of hydrogen-bond acceptors (Lipinski definition) is 7. The molecule has 3 aliphatic heterocycles. The number of likely N-dealkylation sites (tertiary alicyclic amines) is 1. The van der Waals surface area contributed by atoms with E-state index in [2.05, 4.69) is 35.9 Å². The predicted octanol–water partition coefficient (Wildman–Crippen LogP) is 2.23. The number of aromatic nitrogens is 2. The molecule has 4 fully saturated rings. The van der Waals surface area contributed by atoms with Crippen LogP contribution in [-0.2, 0) is 6.54 Å². The number of nitrogens with one attached hydrogen (secondary N) is 3. The molecule has 36 heavy (non-hydrogen) atoms. The fourth-order valence-corrected chi connectivity index (χ4v) is 6.65. The molecule has 2 aromatic rings. The van der Waals surface area contributed by atoms with E-state index >= 15 is 0 Å². The van der Waals surface area contributed by atoms with E-state index in [1.54, 1.807) is 13.2 Å². The zero-order chi connectivity index (χ0) is 24.6. The minimum atomic E-state index is -0.162. The maximum absolute atomic E-state index is 14.2. The van der Waals surface area contributed by atoms with E-state index in [1.165, 1.54) is 6.07 Å². The molecule has 0 radical (unpaired) electrons. The number of hydrogen-bond donors (Lipinski definition) is 3. The summed E-state index contributed by atoms with van der Waals surface area (Å²) in [5.41, 5.74) is 8.66. The van der Waals surface area contributed by atoms with Crippen molar-refractivity contribution in [2.45, 2.75) is 56.4 Å². The Morgan fingerprint density at radius 2 is 1.94 bits per heavy atom. The van der Waals surface area contributed by atoms with Gasteiger partial charge >= 0.3 is 12.0 Å². The lowest BCUT2D eigenvalue weighted by Crippen LogP contribution is -2.64. The zero-order valence-electron chi connectivity index (χ0n) is 20.6. The molecule has 3 N–H and O–H groups in total. The van der Waals surface area contributed by atoms with Gasteiger partial charge in [-0.15, -0.1) is 0 Å². The number of urea groups is 1. The summed E-state index contributed by atoms with van der Waals surface area (Å²) >= 11 is 0. The van der Waals surface area contributed by atoms with E-state index in [0.717, 1.165) is 56.4 Å². The van der Waals surface area contributed by atoms with Crippen LogP contribution in [0.25, 0.3) is 0 Å². The highest BCUT2D eigenvalue weighted by Crippen LogP contribution is 2.42. The number of hydrazine groups is 1. The second-order valence-corrected chi connectivity index (χ2v) is 10.6. The molecule has 4 aliphatic rings. The quantitative estimate of drug-likeness (QED) is 0.586. The van der Waals surface area contributed by atoms with Crippen molar-refractivity contribution in [3.63, 3.8) is 0 Å². The van der Waals surface area contributed by atoms with Crippen molar-refractivity contribution in [1.82, 2.24) is 35.9 Å². The molecular formula is C26H34FN7O2. The van der Waals surface area contributed by atoms with Crippen LogP contribution in [0.2, 0.25) is 0 Å². The fourth-order valence-electron chi connectivity index (χ4n) is 6.65. The third kappa shape index (κ3) is 4.53. The van der Waals surface area contributed by atoms with Gasteiger partial charge in [-0.1, -0.05) is 18.2 Å². The highest BCUT2D eigenvalue weighted by Gasteiger charge is 2.48. The normalized spacial score (nSPS) is 32.5. The molecule has 1 saturated carbocycles. The number of carbonyl (C=O) groups is 1. The van der Waals surface area contributed by atoms with Crippen molar-refractivity contribution in [1.29, 1.82) is 0 Å². The topological polar surface area (TPSA) is 94.6 Å². The molecule has 0 bridgehead atoms. The molecule has 9 nitrogen and oxygen atoms in total. The van der Waals surface area contributed by atoms with Crippen LogP contribution in [0.4, 0.5) is 9.18 Å². The average Bonchev–Trinajstić information content (AvgIpc) is 3.31. The first-order chi connectivity index (χ1) is 17.6. The molecule has 1 aromatic heterocycles. The standard InChI is InChI=1S/C26H34FN7O2/c1-36-25-28-11-18(12-29-25)24-20-9-17-14-34(26(35)30-22(17)10-23(20)31-32-24)19-6-4-8-33(15-19)13-16-5-2-3-7-21(16)27/h2-3,5,7,11-12,17,19-20,22-24,31-32H,4,6,8-10,13-15H2,1H3,(H,30,35)/t17?,19-,20?,22?,23?,24?/m1/s1. The Hall–Kier alpha value is -2.82. The van der Waals surface area contributed by atoms with Gasteiger partial charge < -0.3 is 15.0 Å². The summed E-state index contributed by atoms with van der Waals surface area (Å²) in [5, 5.41) is 3.32. The van der Waals surface area contributed by atoms with Gasteiger partial charge in [-0.3, -0.25) is 10.3 Å². The number of halogens is 1. The van der Waals surface area contributed by atoms with Crippen molar-refractivity contribution >= 4 is 6.03 Å². The van der Waals surface area contributed by atoms with Crippen LogP contribution in [0.15, 0.2) is 36.7 Å². The molecule has 5 unspecified atom stereocenters. The third-order valence-electron chi connectivity index (χ3n) is 8.48. The molecule has 2 amide bonds. The molecular weight excluding hydrogens is 461 g/mol. The van der Waals surface area contributed by atoms with E-state index in [-0.39, 0.29) is 36.0 Å². The number of amides is 2. The number of methoxy groups -OCH3 is 1. The fraction of sp³-hybridized carbons (Fsp3) is 0.577. The van der Waals surface area contributed by atoms with Crippen LogP contribution in [0.1, 0.15) is 42.9 Å². The maximum atomic E-state index is 14.2. The minimum Gasteiger partial charge on any atom is -0.467 e. The Bertz CT molecular complexity index is 1090. The van der Waals surface area contributed by atoms with Crippen LogP contribution >= 0.6 is 0 Å². The van der Waals surface area contributed by atoms with Crippen molar-refractivity contribution < 1.29 is 13.9 Å². The maximum Gasteiger partial charge on any atom is 0.317 e. The van der Waals surface area contributed by atoms with E-state index in [1.807, 2.05) is 24.5 Å². The zero-order valence-corrected chi connectivity index (χ0v) is 20.6. The Kier molecular flexibility index (Phi) is 6.49. The van der Waals surface area contributed by atoms with Crippen LogP contribution < -0.4 is 20.9 Å². The summed E-state index contributed by atoms with van der Waals surface area (Å²) in [7, 11) is 1.57. The van der Waals surface area contributed by atoms with E-state index in [4.69, 9.17) is 4.74 Å². The van der Waals surface area contributed by atoms with Crippen molar-refractivity contribution in [3.8, 4) is 6.01 Å². The molecule has 3 saturated heterocycles. The number of rotatable bonds is 5. The molecule has 6 rings (SSSR count). The van der Waals surface area contributed by atoms with Crippen LogP contribution in [0, 0.1) is 17.7 Å². The van der Waals surface area contributed by atoms with Crippen molar-refractivity contribution in [2.24, 2.45) is 11.8 Å². The Labute approximate surface area is 210 Å². The van der Waals surface area contributed by atoms with Crippen molar-refractivity contribution in [2.75, 3.05) is 26.7 Å². The summed E-state index contributed by atoms with van der Waals surface area (Å²) < 4.78 is 19.3. The van der Waals surface area contributed by atoms with Crippen LogP contribution in [0.5, 0.6) is 6.01 Å². The number of piperidine rings is 1. The summed E-state index contributed by atoms with van der Waals surface area (Å²) in [6.45, 7) is 3.06. The third-order valence-corrected chi connectivity index (χ3v) is 8.48. The monoisotopic (exact) mass is 495 g/mol. The van der Waals surface area contributed by atoms with Crippen LogP contribution in [0.3, 0.4) is 0 Å². The summed E-state index contributed by atoms with van der Waals surface area (Å²) in [6.07, 6.45) is 7.57. The second-order valence-electron chi connectivity index (χ2n) is 10.6. The average molecular weight is 496 g/mol. The predicted molar refractivity (Wildman–Crippen MR) is 131 cm³/mol. The smallest absolute Gasteiger partial charge is 0.317 e. The van der Waals surface area contributed by atoms with Gasteiger partial charge in [0.15, 0.2) is 0 Å². The number of fused-ring (bicyclic) bond motifs is 2.